The van der Waals surface area contributed by atoms with Gasteiger partial charge in [0.1, 0.15) is 0 Å². The van der Waals surface area contributed by atoms with Gasteiger partial charge in [0.2, 0.25) is 0 Å². The zero-order valence-electron chi connectivity index (χ0n) is 9.07. The van der Waals surface area contributed by atoms with Crippen molar-refractivity contribution in [1.82, 2.24) is 0 Å². The van der Waals surface area contributed by atoms with Crippen LogP contribution in [0.3, 0.4) is 0 Å². The van der Waals surface area contributed by atoms with E-state index in [1.807, 2.05) is 0 Å². The Hall–Kier alpha value is 1.81. The molecule has 0 bridgehead atoms. The van der Waals surface area contributed by atoms with E-state index in [1.165, 1.54) is 51.4 Å². The first-order valence-corrected chi connectivity index (χ1v) is 5.21. The van der Waals surface area contributed by atoms with E-state index in [-0.39, 0.29) is 58.2 Å². The van der Waals surface area contributed by atoms with Crippen LogP contribution in [-0.2, 0) is 0 Å². The predicted octanol–water partition coefficient (Wildman–Crippen LogP) is 1.36. The van der Waals surface area contributed by atoms with Crippen LogP contribution in [0.15, 0.2) is 0 Å². The second-order valence-corrected chi connectivity index (χ2v) is 3.33. The summed E-state index contributed by atoms with van der Waals surface area (Å²) in [6.45, 7) is 6.10. The quantitative estimate of drug-likeness (QED) is 0.444. The molecule has 0 heterocycles. The molecule has 0 N–H and O–H groups in total. The van der Waals surface area contributed by atoms with Crippen LogP contribution in [0, 0.1) is 6.92 Å². The summed E-state index contributed by atoms with van der Waals surface area (Å²) in [6, 6.07) is 0. The molecule has 0 rings (SSSR count). The summed E-state index contributed by atoms with van der Waals surface area (Å²) in [7, 11) is 0. The third-order valence-corrected chi connectivity index (χ3v) is 2.10. The van der Waals surface area contributed by atoms with E-state index in [0.717, 1.165) is 6.42 Å². The molecule has 68 valence electrons. The Morgan fingerprint density at radius 3 is 1.58 bits per heavy atom. The zero-order chi connectivity index (χ0) is 8.36. The van der Waals surface area contributed by atoms with Crippen LogP contribution in [0.25, 0.3) is 0 Å². The molecule has 0 aliphatic carbocycles. The Morgan fingerprint density at radius 1 is 0.750 bits per heavy atom. The van der Waals surface area contributed by atoms with E-state index in [2.05, 4.69) is 13.8 Å². The summed E-state index contributed by atoms with van der Waals surface area (Å²) in [5.41, 5.74) is 0. The molecule has 12 heavy (non-hydrogen) atoms. The van der Waals surface area contributed by atoms with Crippen LogP contribution in [0.4, 0.5) is 0 Å². The molecule has 0 amide bonds. The Kier molecular flexibility index (Phi) is 20.7. The van der Waals surface area contributed by atoms with Crippen LogP contribution in [-0.4, -0.2) is 0 Å². The van der Waals surface area contributed by atoms with Gasteiger partial charge in [-0.05, 0) is 0 Å². The van der Waals surface area contributed by atoms with Gasteiger partial charge in [0, 0.05) is 0 Å². The van der Waals surface area contributed by atoms with E-state index >= 15 is 0 Å². The maximum absolute atomic E-state index is 3.83. The fraction of sp³-hybridized carbons (Fsp3) is 0.909. The standard InChI is InChI=1S/C11H23.Rb/c1-3-5-7-9-11-10-8-6-4-2;/h1,3-11H2,2H3;/q-1;+1. The molecule has 0 saturated heterocycles. The number of rotatable bonds is 8. The van der Waals surface area contributed by atoms with Gasteiger partial charge in [0.25, 0.3) is 0 Å². The largest absolute Gasteiger partial charge is 1.00 e. The number of hydrogen-bond acceptors (Lipinski definition) is 0. The third-order valence-electron chi connectivity index (χ3n) is 2.10. The van der Waals surface area contributed by atoms with Crippen molar-refractivity contribution in [2.24, 2.45) is 0 Å². The van der Waals surface area contributed by atoms with Crippen molar-refractivity contribution in [1.29, 1.82) is 0 Å². The second-order valence-electron chi connectivity index (χ2n) is 3.33. The molecule has 0 aliphatic heterocycles. The van der Waals surface area contributed by atoms with Gasteiger partial charge in [-0.2, -0.15) is 6.42 Å². The summed E-state index contributed by atoms with van der Waals surface area (Å²) >= 11 is 0. The zero-order valence-corrected chi connectivity index (χ0v) is 14.0. The molecule has 0 saturated carbocycles. The Labute approximate surface area is 128 Å². The predicted molar refractivity (Wildman–Crippen MR) is 52.6 cm³/mol. The topological polar surface area (TPSA) is 0 Å². The molecule has 0 aromatic carbocycles. The normalized spacial score (nSPS) is 9.50. The van der Waals surface area contributed by atoms with Crippen molar-refractivity contribution in [3.05, 3.63) is 6.92 Å². The van der Waals surface area contributed by atoms with Crippen LogP contribution in [0.1, 0.15) is 64.7 Å². The van der Waals surface area contributed by atoms with Gasteiger partial charge in [-0.1, -0.05) is 58.3 Å². The number of unbranched alkanes of at least 4 members (excludes halogenated alkanes) is 8. The molecular formula is C11H23Rb. The smallest absolute Gasteiger partial charge is 0.343 e. The fourth-order valence-corrected chi connectivity index (χ4v) is 1.31. The molecule has 0 nitrogen and oxygen atoms in total. The van der Waals surface area contributed by atoms with Crippen molar-refractivity contribution < 1.29 is 58.2 Å². The summed E-state index contributed by atoms with van der Waals surface area (Å²) < 4.78 is 0. The van der Waals surface area contributed by atoms with Crippen molar-refractivity contribution in [3.8, 4) is 0 Å². The average molecular weight is 241 g/mol. The molecule has 0 radical (unpaired) electrons. The molecule has 0 aromatic heterocycles. The van der Waals surface area contributed by atoms with Gasteiger partial charge in [-0.25, -0.2) is 0 Å². The first kappa shape index (κ1) is 16.2. The van der Waals surface area contributed by atoms with Gasteiger partial charge in [-0.3, -0.25) is 0 Å². The minimum atomic E-state index is 0. The average Bonchev–Trinajstić information content (AvgIpc) is 2.03. The molecule has 0 atom stereocenters. The van der Waals surface area contributed by atoms with E-state index in [9.17, 15) is 0 Å². The summed E-state index contributed by atoms with van der Waals surface area (Å²) in [5.74, 6) is 0. The van der Waals surface area contributed by atoms with E-state index in [0.29, 0.717) is 0 Å². The molecule has 0 fully saturated rings. The second kappa shape index (κ2) is 15.3. The van der Waals surface area contributed by atoms with Crippen LogP contribution in [0.2, 0.25) is 0 Å². The Bertz CT molecular complexity index is 54.0. The van der Waals surface area contributed by atoms with E-state index in [1.54, 1.807) is 0 Å². The third kappa shape index (κ3) is 14.3. The molecule has 0 aliphatic rings. The maximum Gasteiger partial charge on any atom is 1.00 e. The Morgan fingerprint density at radius 2 is 1.17 bits per heavy atom. The minimum Gasteiger partial charge on any atom is -0.343 e. The Balaban J connectivity index is 0. The van der Waals surface area contributed by atoms with Gasteiger partial charge in [-0.15, -0.1) is 0 Å². The van der Waals surface area contributed by atoms with Gasteiger partial charge in [0.05, 0.1) is 0 Å². The molecule has 0 spiro atoms. The van der Waals surface area contributed by atoms with Gasteiger partial charge < -0.3 is 6.92 Å². The summed E-state index contributed by atoms with van der Waals surface area (Å²) in [5, 5.41) is 0. The summed E-state index contributed by atoms with van der Waals surface area (Å²) in [6.07, 6.45) is 12.4. The van der Waals surface area contributed by atoms with Gasteiger partial charge >= 0.3 is 58.2 Å². The molecule has 1 heteroatoms. The molecular weight excluding hydrogens is 218 g/mol. The van der Waals surface area contributed by atoms with Crippen molar-refractivity contribution >= 4 is 0 Å². The van der Waals surface area contributed by atoms with E-state index in [4.69, 9.17) is 0 Å². The first-order chi connectivity index (χ1) is 5.41. The maximum atomic E-state index is 3.83. The van der Waals surface area contributed by atoms with Gasteiger partial charge in [0.15, 0.2) is 0 Å². The van der Waals surface area contributed by atoms with Crippen LogP contribution < -0.4 is 58.2 Å². The molecule has 0 unspecified atom stereocenters. The van der Waals surface area contributed by atoms with Crippen molar-refractivity contribution in [2.75, 3.05) is 0 Å². The van der Waals surface area contributed by atoms with Crippen molar-refractivity contribution in [3.63, 3.8) is 0 Å². The van der Waals surface area contributed by atoms with Crippen LogP contribution in [0.5, 0.6) is 0 Å². The fourth-order valence-electron chi connectivity index (χ4n) is 1.31. The SMILES string of the molecule is [CH2-]CCCCCCCCCC.[Rb+]. The molecule has 0 aromatic rings. The van der Waals surface area contributed by atoms with Crippen LogP contribution >= 0.6 is 0 Å². The number of hydrogen-bond donors (Lipinski definition) is 0. The minimum absolute atomic E-state index is 0. The first-order valence-electron chi connectivity index (χ1n) is 5.21. The summed E-state index contributed by atoms with van der Waals surface area (Å²) in [4.78, 5) is 0. The van der Waals surface area contributed by atoms with Crippen molar-refractivity contribution in [2.45, 2.75) is 64.7 Å². The van der Waals surface area contributed by atoms with E-state index < -0.39 is 0 Å². The monoisotopic (exact) mass is 240 g/mol.